The number of amides is 2. The van der Waals surface area contributed by atoms with E-state index in [2.05, 4.69) is 5.32 Å². The second-order valence-electron chi connectivity index (χ2n) is 5.23. The first-order valence-corrected chi connectivity index (χ1v) is 7.59. The number of hydrogen-bond acceptors (Lipinski definition) is 4. The number of carbonyl (C=O) groups is 2. The number of likely N-dealkylation sites (tertiary alicyclic amines) is 1. The highest BCUT2D eigenvalue weighted by molar-refractivity contribution is 7.20. The fraction of sp³-hybridized carbons (Fsp3) is 0.333. The fourth-order valence-corrected chi connectivity index (χ4v) is 3.63. The van der Waals surface area contributed by atoms with Gasteiger partial charge in [-0.2, -0.15) is 0 Å². The van der Waals surface area contributed by atoms with Crippen molar-refractivity contribution in [2.24, 2.45) is 0 Å². The van der Waals surface area contributed by atoms with Crippen LogP contribution in [-0.2, 0) is 4.79 Å². The highest BCUT2D eigenvalue weighted by Gasteiger charge is 2.35. The molecule has 1 aromatic carbocycles. The Morgan fingerprint density at radius 2 is 2.10 bits per heavy atom. The molecule has 1 fully saturated rings. The summed E-state index contributed by atoms with van der Waals surface area (Å²) in [7, 11) is 0. The normalized spacial score (nSPS) is 21.7. The van der Waals surface area contributed by atoms with Crippen molar-refractivity contribution >= 4 is 33.2 Å². The van der Waals surface area contributed by atoms with Crippen molar-refractivity contribution in [3.63, 3.8) is 0 Å². The Hall–Kier alpha value is -1.92. The zero-order chi connectivity index (χ0) is 15.0. The molecule has 0 bridgehead atoms. The van der Waals surface area contributed by atoms with E-state index in [1.165, 1.54) is 18.3 Å². The number of hydrogen-bond donors (Lipinski definition) is 2. The molecule has 1 saturated heterocycles. The molecule has 0 aliphatic carbocycles. The summed E-state index contributed by atoms with van der Waals surface area (Å²) in [6, 6.07) is 9.33. The Balaban J connectivity index is 1.78. The van der Waals surface area contributed by atoms with Crippen LogP contribution < -0.4 is 5.32 Å². The molecule has 2 amide bonds. The summed E-state index contributed by atoms with van der Waals surface area (Å²) in [5.74, 6) is -0.293. The van der Waals surface area contributed by atoms with Gasteiger partial charge in [0.1, 0.15) is 0 Å². The summed E-state index contributed by atoms with van der Waals surface area (Å²) < 4.78 is 1.07. The van der Waals surface area contributed by atoms with Gasteiger partial charge in [-0.1, -0.05) is 18.2 Å². The quantitative estimate of drug-likeness (QED) is 0.876. The van der Waals surface area contributed by atoms with Crippen molar-refractivity contribution in [3.05, 3.63) is 35.2 Å². The van der Waals surface area contributed by atoms with E-state index in [9.17, 15) is 14.7 Å². The van der Waals surface area contributed by atoms with E-state index in [0.29, 0.717) is 11.4 Å². The highest BCUT2D eigenvalue weighted by atomic mass is 32.1. The molecule has 2 aromatic rings. The maximum Gasteiger partial charge on any atom is 0.264 e. The lowest BCUT2D eigenvalue weighted by molar-refractivity contribution is -0.120. The van der Waals surface area contributed by atoms with Crippen LogP contribution in [0.1, 0.15) is 16.6 Å². The van der Waals surface area contributed by atoms with Crippen LogP contribution in [0.25, 0.3) is 10.1 Å². The lowest BCUT2D eigenvalue weighted by Crippen LogP contribution is -2.41. The molecule has 21 heavy (non-hydrogen) atoms. The Labute approximate surface area is 126 Å². The lowest BCUT2D eigenvalue weighted by Gasteiger charge is -2.15. The van der Waals surface area contributed by atoms with Crippen LogP contribution in [0.5, 0.6) is 0 Å². The number of β-amino-alcohol motifs (C(OH)–C–C–N with tert-alkyl or cyclic N) is 1. The monoisotopic (exact) mass is 304 g/mol. The van der Waals surface area contributed by atoms with E-state index < -0.39 is 6.10 Å². The summed E-state index contributed by atoms with van der Waals surface area (Å²) in [5.41, 5.74) is 0. The smallest absolute Gasteiger partial charge is 0.264 e. The number of fused-ring (bicyclic) bond motifs is 1. The molecule has 0 radical (unpaired) electrons. The second-order valence-corrected chi connectivity index (χ2v) is 6.32. The minimum Gasteiger partial charge on any atom is -0.389 e. The first kappa shape index (κ1) is 14.0. The predicted octanol–water partition coefficient (Wildman–Crippen LogP) is 1.22. The third kappa shape index (κ3) is 2.77. The van der Waals surface area contributed by atoms with Crippen LogP contribution in [0.15, 0.2) is 30.3 Å². The van der Waals surface area contributed by atoms with Gasteiger partial charge in [-0.05, 0) is 17.5 Å². The Morgan fingerprint density at radius 3 is 2.81 bits per heavy atom. The van der Waals surface area contributed by atoms with Crippen molar-refractivity contribution in [1.29, 1.82) is 0 Å². The molecule has 2 N–H and O–H groups in total. The molecule has 6 heteroatoms. The van der Waals surface area contributed by atoms with Crippen LogP contribution in [0.4, 0.5) is 0 Å². The van der Waals surface area contributed by atoms with Crippen molar-refractivity contribution in [1.82, 2.24) is 10.2 Å². The first-order chi connectivity index (χ1) is 10.0. The summed E-state index contributed by atoms with van der Waals surface area (Å²) >= 11 is 1.45. The highest BCUT2D eigenvalue weighted by Crippen LogP contribution is 2.27. The number of nitrogens with zero attached hydrogens (tertiary/aromatic N) is 1. The summed E-state index contributed by atoms with van der Waals surface area (Å²) in [4.78, 5) is 25.8. The topological polar surface area (TPSA) is 69.6 Å². The molecule has 2 atom stereocenters. The number of carbonyl (C=O) groups excluding carboxylic acids is 2. The van der Waals surface area contributed by atoms with Crippen molar-refractivity contribution in [2.45, 2.75) is 19.1 Å². The fourth-order valence-electron chi connectivity index (χ4n) is 2.60. The van der Waals surface area contributed by atoms with Gasteiger partial charge in [0.05, 0.1) is 17.0 Å². The average Bonchev–Trinajstić information content (AvgIpc) is 3.02. The van der Waals surface area contributed by atoms with E-state index in [1.807, 2.05) is 30.3 Å². The molecule has 1 aromatic heterocycles. The maximum atomic E-state index is 12.5. The average molecular weight is 304 g/mol. The zero-order valence-electron chi connectivity index (χ0n) is 11.6. The number of aliphatic hydroxyl groups is 1. The summed E-state index contributed by atoms with van der Waals surface area (Å²) in [6.07, 6.45) is -0.716. The minimum absolute atomic E-state index is 0.0943. The molecule has 2 heterocycles. The van der Waals surface area contributed by atoms with E-state index in [1.54, 1.807) is 4.90 Å². The van der Waals surface area contributed by atoms with Gasteiger partial charge >= 0.3 is 0 Å². The number of benzene rings is 1. The van der Waals surface area contributed by atoms with Crippen molar-refractivity contribution in [2.75, 3.05) is 13.1 Å². The first-order valence-electron chi connectivity index (χ1n) is 6.77. The van der Waals surface area contributed by atoms with Gasteiger partial charge in [0.25, 0.3) is 5.91 Å². The molecule has 1 aliphatic rings. The lowest BCUT2D eigenvalue weighted by atomic mass is 10.2. The molecule has 110 valence electrons. The van der Waals surface area contributed by atoms with Crippen LogP contribution in [0, 0.1) is 0 Å². The molecular formula is C15H16N2O3S. The maximum absolute atomic E-state index is 12.5. The van der Waals surface area contributed by atoms with E-state index >= 15 is 0 Å². The largest absolute Gasteiger partial charge is 0.389 e. The van der Waals surface area contributed by atoms with E-state index in [-0.39, 0.29) is 24.4 Å². The van der Waals surface area contributed by atoms with Crippen molar-refractivity contribution in [3.8, 4) is 0 Å². The molecule has 0 unspecified atom stereocenters. The van der Waals surface area contributed by atoms with Gasteiger partial charge in [0, 0.05) is 24.7 Å². The van der Waals surface area contributed by atoms with E-state index in [0.717, 1.165) is 10.1 Å². The number of rotatable bonds is 2. The number of aliphatic hydroxyl groups excluding tert-OH is 1. The molecule has 3 rings (SSSR count). The third-order valence-electron chi connectivity index (χ3n) is 3.60. The Kier molecular flexibility index (Phi) is 3.65. The second kappa shape index (κ2) is 5.46. The van der Waals surface area contributed by atoms with Gasteiger partial charge in [0.2, 0.25) is 5.91 Å². The predicted molar refractivity (Wildman–Crippen MR) is 81.3 cm³/mol. The van der Waals surface area contributed by atoms with E-state index in [4.69, 9.17) is 0 Å². The van der Waals surface area contributed by atoms with Gasteiger partial charge < -0.3 is 15.3 Å². The Morgan fingerprint density at radius 1 is 1.33 bits per heavy atom. The van der Waals surface area contributed by atoms with Crippen molar-refractivity contribution < 1.29 is 14.7 Å². The van der Waals surface area contributed by atoms with Gasteiger partial charge in [-0.15, -0.1) is 11.3 Å². The summed E-state index contributed by atoms with van der Waals surface area (Å²) in [5, 5.41) is 13.7. The third-order valence-corrected chi connectivity index (χ3v) is 4.71. The van der Waals surface area contributed by atoms with Crippen LogP contribution in [0.2, 0.25) is 0 Å². The zero-order valence-corrected chi connectivity index (χ0v) is 12.4. The SMILES string of the molecule is CC(=O)N[C@@H]1CN(C(=O)c2cc3ccccc3s2)C[C@H]1O. The van der Waals surface area contributed by atoms with Gasteiger partial charge in [0.15, 0.2) is 0 Å². The van der Waals surface area contributed by atoms with Crippen LogP contribution >= 0.6 is 11.3 Å². The standard InChI is InChI=1S/C15H16N2O3S/c1-9(18)16-11-7-17(8-12(11)19)15(20)14-6-10-4-2-3-5-13(10)21-14/h2-6,11-12,19H,7-8H2,1H3,(H,16,18)/t11-,12-/m1/s1. The number of nitrogens with one attached hydrogen (secondary N) is 1. The molecule has 5 nitrogen and oxygen atoms in total. The summed E-state index contributed by atoms with van der Waals surface area (Å²) in [6.45, 7) is 2.00. The van der Waals surface area contributed by atoms with Gasteiger partial charge in [-0.25, -0.2) is 0 Å². The van der Waals surface area contributed by atoms with Crippen LogP contribution in [-0.4, -0.2) is 47.1 Å². The minimum atomic E-state index is -0.716. The number of thiophene rings is 1. The van der Waals surface area contributed by atoms with Gasteiger partial charge in [-0.3, -0.25) is 9.59 Å². The Bertz CT molecular complexity index is 664. The molecule has 1 aliphatic heterocycles. The molecule has 0 spiro atoms. The van der Waals surface area contributed by atoms with Crippen LogP contribution in [0.3, 0.4) is 0 Å². The molecule has 0 saturated carbocycles. The molecular weight excluding hydrogens is 288 g/mol.